The molecule has 1 fully saturated rings. The van der Waals surface area contributed by atoms with Crippen molar-refractivity contribution < 1.29 is 14.7 Å². The van der Waals surface area contributed by atoms with Gasteiger partial charge < -0.3 is 15.3 Å². The van der Waals surface area contributed by atoms with Crippen molar-refractivity contribution in [1.82, 2.24) is 10.2 Å². The number of hydrogen-bond donors (Lipinski definition) is 2. The van der Waals surface area contributed by atoms with Crippen LogP contribution < -0.4 is 5.32 Å². The van der Waals surface area contributed by atoms with Gasteiger partial charge in [-0.1, -0.05) is 24.3 Å². The Balaban J connectivity index is 1.81. The fraction of sp³-hybridized carbons (Fsp3) is 0.385. The molecule has 1 heterocycles. The Morgan fingerprint density at radius 1 is 1.42 bits per heavy atom. The molecule has 5 nitrogen and oxygen atoms in total. The van der Waals surface area contributed by atoms with Crippen LogP contribution in [0.15, 0.2) is 24.3 Å². The van der Waals surface area contributed by atoms with Crippen LogP contribution in [0.25, 0.3) is 0 Å². The molecule has 0 bridgehead atoms. The van der Waals surface area contributed by atoms with E-state index in [-0.39, 0.29) is 25.0 Å². The Hall–Kier alpha value is -1.53. The quantitative estimate of drug-likeness (QED) is 0.815. The first-order chi connectivity index (χ1) is 9.19. The molecular weight excluding hydrogens is 264 g/mol. The van der Waals surface area contributed by atoms with E-state index in [1.54, 1.807) is 4.90 Å². The molecule has 0 aliphatic carbocycles. The summed E-state index contributed by atoms with van der Waals surface area (Å²) in [5, 5.41) is 11.8. The minimum atomic E-state index is -0.162. The Kier molecular flexibility index (Phi) is 4.81. The molecule has 0 atom stereocenters. The summed E-state index contributed by atoms with van der Waals surface area (Å²) in [7, 11) is 0. The third-order valence-corrected chi connectivity index (χ3v) is 3.77. The van der Waals surface area contributed by atoms with Crippen molar-refractivity contribution in [1.29, 1.82) is 0 Å². The predicted octanol–water partition coefficient (Wildman–Crippen LogP) is 0.328. The molecule has 6 heteroatoms. The molecule has 0 radical (unpaired) electrons. The maximum atomic E-state index is 11.7. The minimum Gasteiger partial charge on any atom is -0.392 e. The van der Waals surface area contributed by atoms with Gasteiger partial charge >= 0.3 is 0 Å². The average molecular weight is 280 g/mol. The van der Waals surface area contributed by atoms with Gasteiger partial charge in [-0.2, -0.15) is 0 Å². The Labute approximate surface area is 116 Å². The molecule has 1 aliphatic rings. The zero-order chi connectivity index (χ0) is 13.7. The fourth-order valence-electron chi connectivity index (χ4n) is 1.81. The summed E-state index contributed by atoms with van der Waals surface area (Å²) in [6.07, 6.45) is 0. The number of benzene rings is 1. The molecule has 2 rings (SSSR count). The van der Waals surface area contributed by atoms with Crippen molar-refractivity contribution in [3.63, 3.8) is 0 Å². The molecule has 1 aromatic rings. The van der Waals surface area contributed by atoms with Crippen molar-refractivity contribution >= 4 is 23.6 Å². The zero-order valence-electron chi connectivity index (χ0n) is 10.5. The number of carbonyl (C=O) groups is 2. The second kappa shape index (κ2) is 6.58. The topological polar surface area (TPSA) is 69.6 Å². The van der Waals surface area contributed by atoms with Gasteiger partial charge in [0, 0.05) is 6.54 Å². The molecule has 0 saturated carbocycles. The Bertz CT molecular complexity index is 479. The molecule has 0 unspecified atom stereocenters. The third-order valence-electron chi connectivity index (χ3n) is 2.82. The predicted molar refractivity (Wildman–Crippen MR) is 73.2 cm³/mol. The van der Waals surface area contributed by atoms with Crippen molar-refractivity contribution in [2.75, 3.05) is 18.2 Å². The molecule has 2 amide bonds. The number of rotatable bonds is 5. The molecule has 1 saturated heterocycles. The first-order valence-corrected chi connectivity index (χ1v) is 7.15. The normalized spacial score (nSPS) is 14.8. The second-order valence-electron chi connectivity index (χ2n) is 4.32. The third kappa shape index (κ3) is 3.97. The summed E-state index contributed by atoms with van der Waals surface area (Å²) in [6, 6.07) is 7.40. The van der Waals surface area contributed by atoms with Crippen molar-refractivity contribution in [3.05, 3.63) is 35.4 Å². The number of nitrogens with zero attached hydrogens (tertiary/aromatic N) is 1. The lowest BCUT2D eigenvalue weighted by Crippen LogP contribution is -2.37. The van der Waals surface area contributed by atoms with Gasteiger partial charge in [0.25, 0.3) is 0 Å². The van der Waals surface area contributed by atoms with E-state index in [1.165, 1.54) is 11.8 Å². The number of thioether (sulfide) groups is 1. The highest BCUT2D eigenvalue weighted by Crippen LogP contribution is 2.14. The number of hydrogen-bond acceptors (Lipinski definition) is 4. The van der Waals surface area contributed by atoms with E-state index < -0.39 is 0 Å². The van der Waals surface area contributed by atoms with Gasteiger partial charge in [0.2, 0.25) is 11.8 Å². The van der Waals surface area contributed by atoms with Gasteiger partial charge in [0.1, 0.15) is 6.54 Å². The molecule has 0 aromatic heterocycles. The molecule has 2 N–H and O–H groups in total. The number of aliphatic hydroxyl groups is 1. The van der Waals surface area contributed by atoms with Crippen molar-refractivity contribution in [2.24, 2.45) is 0 Å². The number of carbonyl (C=O) groups excluding carboxylic acids is 2. The highest BCUT2D eigenvalue weighted by molar-refractivity contribution is 8.00. The van der Waals surface area contributed by atoms with Gasteiger partial charge in [0.15, 0.2) is 0 Å². The van der Waals surface area contributed by atoms with E-state index >= 15 is 0 Å². The van der Waals surface area contributed by atoms with E-state index in [0.717, 1.165) is 11.1 Å². The molecule has 19 heavy (non-hydrogen) atoms. The standard InChI is InChI=1S/C13H16N2O3S/c16-7-11-3-1-2-10(4-11)5-14-12(17)6-15-9-19-8-13(15)18/h1-4,16H,5-9H2,(H,14,17). The van der Waals surface area contributed by atoms with E-state index in [9.17, 15) is 9.59 Å². The lowest BCUT2D eigenvalue weighted by Gasteiger charge is -2.14. The van der Waals surface area contributed by atoms with Crippen LogP contribution in [0.4, 0.5) is 0 Å². The van der Waals surface area contributed by atoms with E-state index in [0.29, 0.717) is 18.2 Å². The van der Waals surface area contributed by atoms with E-state index in [2.05, 4.69) is 5.32 Å². The molecular formula is C13H16N2O3S. The van der Waals surface area contributed by atoms with Crippen LogP contribution >= 0.6 is 11.8 Å². The van der Waals surface area contributed by atoms with Crippen LogP contribution in [0.2, 0.25) is 0 Å². The maximum Gasteiger partial charge on any atom is 0.239 e. The van der Waals surface area contributed by atoms with Crippen LogP contribution in [0.1, 0.15) is 11.1 Å². The molecule has 0 spiro atoms. The van der Waals surface area contributed by atoms with Gasteiger partial charge in [0.05, 0.1) is 18.2 Å². The van der Waals surface area contributed by atoms with Gasteiger partial charge in [-0.05, 0) is 11.1 Å². The van der Waals surface area contributed by atoms with Crippen LogP contribution in [0.5, 0.6) is 0 Å². The first-order valence-electron chi connectivity index (χ1n) is 6.00. The van der Waals surface area contributed by atoms with Crippen LogP contribution in [0.3, 0.4) is 0 Å². The summed E-state index contributed by atoms with van der Waals surface area (Å²) in [4.78, 5) is 24.6. The fourth-order valence-corrected chi connectivity index (χ4v) is 2.71. The van der Waals surface area contributed by atoms with E-state index in [1.807, 2.05) is 24.3 Å². The zero-order valence-corrected chi connectivity index (χ0v) is 11.3. The lowest BCUT2D eigenvalue weighted by molar-refractivity contribution is -0.132. The number of nitrogens with one attached hydrogen (secondary N) is 1. The average Bonchev–Trinajstić information content (AvgIpc) is 2.82. The van der Waals surface area contributed by atoms with Crippen LogP contribution in [-0.4, -0.2) is 40.0 Å². The molecule has 1 aromatic carbocycles. The Morgan fingerprint density at radius 2 is 2.21 bits per heavy atom. The largest absolute Gasteiger partial charge is 0.392 e. The monoisotopic (exact) mass is 280 g/mol. The smallest absolute Gasteiger partial charge is 0.239 e. The maximum absolute atomic E-state index is 11.7. The van der Waals surface area contributed by atoms with E-state index in [4.69, 9.17) is 5.11 Å². The highest BCUT2D eigenvalue weighted by atomic mass is 32.2. The Morgan fingerprint density at radius 3 is 2.89 bits per heavy atom. The first kappa shape index (κ1) is 13.9. The van der Waals surface area contributed by atoms with Crippen LogP contribution in [-0.2, 0) is 22.7 Å². The van der Waals surface area contributed by atoms with Gasteiger partial charge in [-0.25, -0.2) is 0 Å². The SMILES string of the molecule is O=C(CN1CSCC1=O)NCc1cccc(CO)c1. The summed E-state index contributed by atoms with van der Waals surface area (Å²) in [5.41, 5.74) is 1.75. The number of amides is 2. The summed E-state index contributed by atoms with van der Waals surface area (Å²) in [5.74, 6) is 0.908. The summed E-state index contributed by atoms with van der Waals surface area (Å²) in [6.45, 7) is 0.509. The number of aliphatic hydroxyl groups excluding tert-OH is 1. The minimum absolute atomic E-state index is 0.0126. The molecule has 102 valence electrons. The second-order valence-corrected chi connectivity index (χ2v) is 5.28. The van der Waals surface area contributed by atoms with Gasteiger partial charge in [-0.15, -0.1) is 11.8 Å². The van der Waals surface area contributed by atoms with Crippen molar-refractivity contribution in [3.8, 4) is 0 Å². The highest BCUT2D eigenvalue weighted by Gasteiger charge is 2.22. The molecule has 1 aliphatic heterocycles. The van der Waals surface area contributed by atoms with Gasteiger partial charge in [-0.3, -0.25) is 9.59 Å². The summed E-state index contributed by atoms with van der Waals surface area (Å²) < 4.78 is 0. The van der Waals surface area contributed by atoms with Crippen molar-refractivity contribution in [2.45, 2.75) is 13.2 Å². The summed E-state index contributed by atoms with van der Waals surface area (Å²) >= 11 is 1.52. The lowest BCUT2D eigenvalue weighted by atomic mass is 10.1. The van der Waals surface area contributed by atoms with Crippen LogP contribution in [0, 0.1) is 0 Å².